The molecule has 110 valence electrons. The van der Waals surface area contributed by atoms with E-state index in [4.69, 9.17) is 16.3 Å². The van der Waals surface area contributed by atoms with Gasteiger partial charge in [-0.15, -0.1) is 0 Å². The van der Waals surface area contributed by atoms with Gasteiger partial charge >= 0.3 is 5.69 Å². The van der Waals surface area contributed by atoms with Crippen LogP contribution < -0.4 is 10.1 Å². The van der Waals surface area contributed by atoms with Crippen molar-refractivity contribution >= 4 is 23.1 Å². The van der Waals surface area contributed by atoms with Crippen molar-refractivity contribution in [2.45, 2.75) is 6.92 Å². The minimum atomic E-state index is -0.619. The Kier molecular flexibility index (Phi) is 4.89. The van der Waals surface area contributed by atoms with Crippen molar-refractivity contribution in [3.63, 3.8) is 0 Å². The molecule has 0 radical (unpaired) electrons. The fraction of sp³-hybridized carbons (Fsp3) is 0.231. The smallest absolute Gasteiger partial charge is 0.348 e. The van der Waals surface area contributed by atoms with Crippen LogP contribution in [0.2, 0.25) is 5.15 Å². The van der Waals surface area contributed by atoms with Crippen molar-refractivity contribution in [2.24, 2.45) is 0 Å². The fourth-order valence-electron chi connectivity index (χ4n) is 1.69. The number of nitro groups is 1. The molecule has 0 saturated carbocycles. The van der Waals surface area contributed by atoms with E-state index in [1.165, 1.54) is 6.33 Å². The van der Waals surface area contributed by atoms with E-state index in [0.717, 1.165) is 11.3 Å². The average molecular weight is 309 g/mol. The van der Waals surface area contributed by atoms with Crippen LogP contribution in [0.5, 0.6) is 5.75 Å². The minimum Gasteiger partial charge on any atom is -0.492 e. The number of halogens is 1. The first-order valence-corrected chi connectivity index (χ1v) is 6.54. The zero-order chi connectivity index (χ0) is 15.2. The minimum absolute atomic E-state index is 0.0767. The third kappa shape index (κ3) is 4.03. The Labute approximate surface area is 126 Å². The Morgan fingerprint density at radius 1 is 1.43 bits per heavy atom. The maximum absolute atomic E-state index is 10.9. The van der Waals surface area contributed by atoms with E-state index in [1.54, 1.807) is 0 Å². The van der Waals surface area contributed by atoms with Crippen LogP contribution in [-0.2, 0) is 0 Å². The van der Waals surface area contributed by atoms with Gasteiger partial charge in [0.25, 0.3) is 0 Å². The van der Waals surface area contributed by atoms with Crippen LogP contribution in [-0.4, -0.2) is 28.0 Å². The molecule has 1 aromatic heterocycles. The number of rotatable bonds is 6. The topological polar surface area (TPSA) is 90.2 Å². The number of hydrogen-bond acceptors (Lipinski definition) is 6. The summed E-state index contributed by atoms with van der Waals surface area (Å²) in [7, 11) is 0. The van der Waals surface area contributed by atoms with E-state index in [2.05, 4.69) is 15.3 Å². The van der Waals surface area contributed by atoms with Gasteiger partial charge in [0, 0.05) is 0 Å². The number of ether oxygens (including phenoxy) is 1. The summed E-state index contributed by atoms with van der Waals surface area (Å²) in [5, 5.41) is 13.5. The van der Waals surface area contributed by atoms with Gasteiger partial charge in [-0.05, 0) is 24.6 Å². The lowest BCUT2D eigenvalue weighted by molar-refractivity contribution is -0.384. The van der Waals surface area contributed by atoms with Gasteiger partial charge in [-0.3, -0.25) is 10.1 Å². The molecule has 0 spiro atoms. The first-order chi connectivity index (χ1) is 10.1. The quantitative estimate of drug-likeness (QED) is 0.382. The lowest BCUT2D eigenvalue weighted by Gasteiger charge is -2.08. The lowest BCUT2D eigenvalue weighted by atomic mass is 10.2. The highest BCUT2D eigenvalue weighted by molar-refractivity contribution is 6.31. The summed E-state index contributed by atoms with van der Waals surface area (Å²) in [5.41, 5.74) is 0.758. The molecule has 0 saturated heterocycles. The second kappa shape index (κ2) is 6.85. The highest BCUT2D eigenvalue weighted by Crippen LogP contribution is 2.27. The first-order valence-electron chi connectivity index (χ1n) is 6.16. The molecule has 7 nitrogen and oxygen atoms in total. The van der Waals surface area contributed by atoms with Gasteiger partial charge in [0.15, 0.2) is 0 Å². The number of hydrogen-bond donors (Lipinski definition) is 1. The van der Waals surface area contributed by atoms with Crippen molar-refractivity contribution in [2.75, 3.05) is 18.5 Å². The molecular weight excluding hydrogens is 296 g/mol. The molecule has 0 atom stereocenters. The summed E-state index contributed by atoms with van der Waals surface area (Å²) >= 11 is 5.69. The Hall–Kier alpha value is -2.41. The molecule has 0 aliphatic heterocycles. The molecule has 1 aromatic carbocycles. The number of aromatic nitrogens is 2. The molecule has 1 N–H and O–H groups in total. The van der Waals surface area contributed by atoms with Crippen LogP contribution in [0.1, 0.15) is 5.56 Å². The normalized spacial score (nSPS) is 10.2. The summed E-state index contributed by atoms with van der Waals surface area (Å²) in [6.07, 6.45) is 1.17. The summed E-state index contributed by atoms with van der Waals surface area (Å²) in [6.45, 7) is 2.65. The number of nitrogens with one attached hydrogen (secondary N) is 1. The maximum atomic E-state index is 10.9. The van der Waals surface area contributed by atoms with Crippen molar-refractivity contribution in [3.05, 3.63) is 51.4 Å². The molecule has 0 amide bonds. The van der Waals surface area contributed by atoms with Gasteiger partial charge in [-0.1, -0.05) is 23.7 Å². The third-order valence-corrected chi connectivity index (χ3v) is 2.89. The van der Waals surface area contributed by atoms with E-state index in [1.807, 2.05) is 31.2 Å². The van der Waals surface area contributed by atoms with Gasteiger partial charge in [0.1, 0.15) is 18.7 Å². The molecule has 8 heteroatoms. The van der Waals surface area contributed by atoms with Crippen LogP contribution in [0.4, 0.5) is 11.5 Å². The second-order valence-electron chi connectivity index (χ2n) is 4.21. The van der Waals surface area contributed by atoms with Crippen molar-refractivity contribution < 1.29 is 9.66 Å². The third-order valence-electron chi connectivity index (χ3n) is 2.61. The van der Waals surface area contributed by atoms with Crippen molar-refractivity contribution in [3.8, 4) is 5.75 Å². The molecule has 2 aromatic rings. The largest absolute Gasteiger partial charge is 0.492 e. The molecule has 2 rings (SSSR count). The Balaban J connectivity index is 1.92. The number of aryl methyl sites for hydroxylation is 1. The molecule has 0 unspecified atom stereocenters. The molecule has 0 aliphatic carbocycles. The zero-order valence-corrected chi connectivity index (χ0v) is 12.0. The van der Waals surface area contributed by atoms with E-state index >= 15 is 0 Å². The maximum Gasteiger partial charge on any atom is 0.348 e. The van der Waals surface area contributed by atoms with E-state index < -0.39 is 4.92 Å². The van der Waals surface area contributed by atoms with Crippen LogP contribution in [0, 0.1) is 17.0 Å². The van der Waals surface area contributed by atoms with Crippen LogP contribution in [0.15, 0.2) is 30.6 Å². The predicted molar refractivity (Wildman–Crippen MR) is 78.9 cm³/mol. The average Bonchev–Trinajstić information content (AvgIpc) is 2.43. The summed E-state index contributed by atoms with van der Waals surface area (Å²) in [5.74, 6) is 0.819. The summed E-state index contributed by atoms with van der Waals surface area (Å²) in [6, 6.07) is 7.62. The number of anilines is 1. The van der Waals surface area contributed by atoms with E-state index in [0.29, 0.717) is 13.2 Å². The molecule has 21 heavy (non-hydrogen) atoms. The molecule has 1 heterocycles. The molecule has 0 bridgehead atoms. The molecule has 0 aliphatic rings. The Bertz CT molecular complexity index is 651. The highest BCUT2D eigenvalue weighted by atomic mass is 35.5. The monoisotopic (exact) mass is 308 g/mol. The van der Waals surface area contributed by atoms with Crippen molar-refractivity contribution in [1.82, 2.24) is 9.97 Å². The summed E-state index contributed by atoms with van der Waals surface area (Å²) in [4.78, 5) is 17.7. The zero-order valence-electron chi connectivity index (χ0n) is 11.2. The standard InChI is InChI=1S/C13H13ClN4O3/c1-9-3-2-4-10(7-9)21-6-5-15-13-11(18(19)20)12(14)16-8-17-13/h2-4,7-8H,5-6H2,1H3,(H,15,16,17). The van der Waals surface area contributed by atoms with Gasteiger partial charge in [-0.2, -0.15) is 0 Å². The van der Waals surface area contributed by atoms with E-state index in [-0.39, 0.29) is 16.7 Å². The van der Waals surface area contributed by atoms with Gasteiger partial charge < -0.3 is 10.1 Å². The second-order valence-corrected chi connectivity index (χ2v) is 4.57. The number of nitrogens with zero attached hydrogens (tertiary/aromatic N) is 3. The Morgan fingerprint density at radius 3 is 2.95 bits per heavy atom. The molecule has 0 fully saturated rings. The van der Waals surface area contributed by atoms with Crippen LogP contribution >= 0.6 is 11.6 Å². The van der Waals surface area contributed by atoms with E-state index in [9.17, 15) is 10.1 Å². The molecular formula is C13H13ClN4O3. The highest BCUT2D eigenvalue weighted by Gasteiger charge is 2.20. The van der Waals surface area contributed by atoms with Gasteiger partial charge in [0.2, 0.25) is 11.0 Å². The Morgan fingerprint density at radius 2 is 2.24 bits per heavy atom. The van der Waals surface area contributed by atoms with Crippen LogP contribution in [0.3, 0.4) is 0 Å². The van der Waals surface area contributed by atoms with Crippen LogP contribution in [0.25, 0.3) is 0 Å². The van der Waals surface area contributed by atoms with Gasteiger partial charge in [-0.25, -0.2) is 9.97 Å². The lowest BCUT2D eigenvalue weighted by Crippen LogP contribution is -2.14. The summed E-state index contributed by atoms with van der Waals surface area (Å²) < 4.78 is 5.53. The number of benzene rings is 1. The van der Waals surface area contributed by atoms with Gasteiger partial charge in [0.05, 0.1) is 11.5 Å². The fourth-order valence-corrected chi connectivity index (χ4v) is 1.89. The first kappa shape index (κ1) is 15.0. The predicted octanol–water partition coefficient (Wildman–Crippen LogP) is 2.84. The van der Waals surface area contributed by atoms with Crippen molar-refractivity contribution in [1.29, 1.82) is 0 Å². The SMILES string of the molecule is Cc1cccc(OCCNc2ncnc(Cl)c2[N+](=O)[O-])c1.